The fourth-order valence-corrected chi connectivity index (χ4v) is 3.16. The number of hydrogen-bond acceptors (Lipinski definition) is 7. The first-order valence-corrected chi connectivity index (χ1v) is 10.2. The van der Waals surface area contributed by atoms with Gasteiger partial charge in [0.1, 0.15) is 12.1 Å². The molecule has 26 heavy (non-hydrogen) atoms. The number of thioether (sulfide) groups is 1. The molecule has 1 heterocycles. The number of carbonyl (C=O) groups is 3. The minimum Gasteiger partial charge on any atom is -0.426 e. The molecular weight excluding hydrogens is 359 g/mol. The molecule has 0 radical (unpaired) electrons. The molecule has 3 atom stereocenters. The van der Waals surface area contributed by atoms with E-state index in [0.717, 1.165) is 0 Å². The monoisotopic (exact) mass is 388 g/mol. The van der Waals surface area contributed by atoms with Crippen LogP contribution in [0.15, 0.2) is 0 Å². The van der Waals surface area contributed by atoms with Crippen molar-refractivity contribution in [3.63, 3.8) is 0 Å². The maximum Gasteiger partial charge on any atom is 0.475 e. The summed E-state index contributed by atoms with van der Waals surface area (Å²) >= 11 is 1.53. The minimum atomic E-state index is -1.68. The van der Waals surface area contributed by atoms with Crippen LogP contribution in [0.1, 0.15) is 38.5 Å². The first-order chi connectivity index (χ1) is 12.4. The van der Waals surface area contributed by atoms with Crippen molar-refractivity contribution >= 4 is 36.6 Å². The van der Waals surface area contributed by atoms with Gasteiger partial charge < -0.3 is 31.7 Å². The number of unbranched alkanes of at least 4 members (excludes halogenated alkanes) is 1. The van der Waals surface area contributed by atoms with Crippen molar-refractivity contribution in [1.82, 2.24) is 16.0 Å². The van der Waals surface area contributed by atoms with Gasteiger partial charge in [0.25, 0.3) is 0 Å². The molecule has 0 aromatic heterocycles. The van der Waals surface area contributed by atoms with Gasteiger partial charge in [0.05, 0.1) is 5.94 Å². The van der Waals surface area contributed by atoms with E-state index >= 15 is 0 Å². The molecule has 0 unspecified atom stereocenters. The summed E-state index contributed by atoms with van der Waals surface area (Å²) in [5.41, 5.74) is 5.48. The van der Waals surface area contributed by atoms with E-state index in [2.05, 4.69) is 16.0 Å². The number of amides is 3. The molecule has 7 N–H and O–H groups in total. The second kappa shape index (κ2) is 12.2. The van der Waals surface area contributed by atoms with Crippen LogP contribution >= 0.6 is 11.8 Å². The normalized spacial score (nSPS) is 18.8. The van der Waals surface area contributed by atoms with Crippen molar-refractivity contribution in [2.45, 2.75) is 56.5 Å². The zero-order valence-electron chi connectivity index (χ0n) is 15.1. The molecule has 0 spiro atoms. The summed E-state index contributed by atoms with van der Waals surface area (Å²) in [7, 11) is -1.68. The summed E-state index contributed by atoms with van der Waals surface area (Å²) < 4.78 is 0. The molecule has 0 aromatic carbocycles. The van der Waals surface area contributed by atoms with Crippen LogP contribution < -0.4 is 21.7 Å². The SMILES string of the molecule is CSCC[C@H](NC(=O)[C@H](CCCCN)NC(=O)[C@@H]1CCC(=O)N1)B(O)O. The molecule has 148 valence electrons. The number of carbonyl (C=O) groups excluding carboxylic acids is 3. The maximum atomic E-state index is 12.6. The molecule has 0 saturated carbocycles. The van der Waals surface area contributed by atoms with Crippen molar-refractivity contribution in [1.29, 1.82) is 0 Å². The van der Waals surface area contributed by atoms with Crippen molar-refractivity contribution in [2.75, 3.05) is 18.6 Å². The topological polar surface area (TPSA) is 154 Å². The molecule has 3 amide bonds. The van der Waals surface area contributed by atoms with E-state index < -0.39 is 37.0 Å². The molecule has 1 fully saturated rings. The lowest BCUT2D eigenvalue weighted by Crippen LogP contribution is -2.56. The van der Waals surface area contributed by atoms with Crippen molar-refractivity contribution in [3.05, 3.63) is 0 Å². The molecular formula is C15H29BN4O5S. The summed E-state index contributed by atoms with van der Waals surface area (Å²) in [6.45, 7) is 0.479. The third-order valence-electron chi connectivity index (χ3n) is 4.21. The van der Waals surface area contributed by atoms with Gasteiger partial charge in [-0.1, -0.05) is 0 Å². The standard InChI is InChI=1S/C15H29BN4O5S/c1-26-9-7-12(16(24)25)20-15(23)10(4-2-3-8-17)19-14(22)11-5-6-13(21)18-11/h10-12,24-25H,2-9,17H2,1H3,(H,18,21)(H,19,22)(H,20,23)/t10-,11-,12-/m0/s1. The van der Waals surface area contributed by atoms with E-state index in [1.165, 1.54) is 11.8 Å². The van der Waals surface area contributed by atoms with Gasteiger partial charge in [-0.2, -0.15) is 11.8 Å². The van der Waals surface area contributed by atoms with E-state index in [1.807, 2.05) is 6.26 Å². The summed E-state index contributed by atoms with van der Waals surface area (Å²) in [5.74, 6) is -1.22. The Morgan fingerprint density at radius 1 is 1.35 bits per heavy atom. The lowest BCUT2D eigenvalue weighted by atomic mass is 9.77. The second-order valence-electron chi connectivity index (χ2n) is 6.31. The molecule has 0 aliphatic carbocycles. The lowest BCUT2D eigenvalue weighted by Gasteiger charge is -2.24. The van der Waals surface area contributed by atoms with Gasteiger partial charge in [-0.05, 0) is 50.7 Å². The number of nitrogens with one attached hydrogen (secondary N) is 3. The fourth-order valence-electron chi connectivity index (χ4n) is 2.67. The second-order valence-corrected chi connectivity index (χ2v) is 7.30. The van der Waals surface area contributed by atoms with Gasteiger partial charge in [-0.3, -0.25) is 14.4 Å². The highest BCUT2D eigenvalue weighted by molar-refractivity contribution is 7.98. The van der Waals surface area contributed by atoms with Crippen LogP contribution in [0.25, 0.3) is 0 Å². The quantitative estimate of drug-likeness (QED) is 0.169. The van der Waals surface area contributed by atoms with Crippen LogP contribution in [0.3, 0.4) is 0 Å². The summed E-state index contributed by atoms with van der Waals surface area (Å²) in [6.07, 6.45) is 4.69. The van der Waals surface area contributed by atoms with Crippen molar-refractivity contribution in [2.24, 2.45) is 5.73 Å². The Hall–Kier alpha value is -1.30. The Labute approximate surface area is 158 Å². The Morgan fingerprint density at radius 2 is 2.08 bits per heavy atom. The van der Waals surface area contributed by atoms with Crippen molar-refractivity contribution in [3.8, 4) is 0 Å². The van der Waals surface area contributed by atoms with Gasteiger partial charge in [0, 0.05) is 6.42 Å². The van der Waals surface area contributed by atoms with Crippen LogP contribution in [-0.2, 0) is 14.4 Å². The Morgan fingerprint density at radius 3 is 2.62 bits per heavy atom. The van der Waals surface area contributed by atoms with E-state index in [1.54, 1.807) is 0 Å². The van der Waals surface area contributed by atoms with Crippen molar-refractivity contribution < 1.29 is 24.4 Å². The van der Waals surface area contributed by atoms with Gasteiger partial charge in [-0.15, -0.1) is 0 Å². The predicted molar refractivity (Wildman–Crippen MR) is 101 cm³/mol. The Bertz CT molecular complexity index is 483. The minimum absolute atomic E-state index is 0.185. The maximum absolute atomic E-state index is 12.6. The fraction of sp³-hybridized carbons (Fsp3) is 0.800. The molecule has 1 aliphatic rings. The highest BCUT2D eigenvalue weighted by atomic mass is 32.2. The zero-order valence-corrected chi connectivity index (χ0v) is 15.9. The van der Waals surface area contributed by atoms with Crippen LogP contribution in [-0.4, -0.2) is 71.5 Å². The predicted octanol–water partition coefficient (Wildman–Crippen LogP) is -1.87. The molecule has 1 rings (SSSR count). The Balaban J connectivity index is 2.68. The highest BCUT2D eigenvalue weighted by Crippen LogP contribution is 2.09. The first kappa shape index (κ1) is 22.7. The third-order valence-corrected chi connectivity index (χ3v) is 4.86. The third kappa shape index (κ3) is 7.94. The Kier molecular flexibility index (Phi) is 10.6. The van der Waals surface area contributed by atoms with Gasteiger partial charge in [0.15, 0.2) is 0 Å². The first-order valence-electron chi connectivity index (χ1n) is 8.84. The molecule has 11 heteroatoms. The number of nitrogens with two attached hydrogens (primary N) is 1. The number of rotatable bonds is 12. The van der Waals surface area contributed by atoms with E-state index in [-0.39, 0.29) is 12.3 Å². The van der Waals surface area contributed by atoms with Crippen LogP contribution in [0, 0.1) is 0 Å². The summed E-state index contributed by atoms with van der Waals surface area (Å²) in [5, 5.41) is 26.7. The van der Waals surface area contributed by atoms with Crippen LogP contribution in [0.4, 0.5) is 0 Å². The molecule has 1 aliphatic heterocycles. The number of hydrogen-bond donors (Lipinski definition) is 6. The van der Waals surface area contributed by atoms with Gasteiger partial charge in [-0.25, -0.2) is 0 Å². The zero-order chi connectivity index (χ0) is 19.5. The van der Waals surface area contributed by atoms with Gasteiger partial charge in [0.2, 0.25) is 17.7 Å². The molecule has 1 saturated heterocycles. The summed E-state index contributed by atoms with van der Waals surface area (Å²) in [6, 6.07) is -1.45. The summed E-state index contributed by atoms with van der Waals surface area (Å²) in [4.78, 5) is 36.1. The van der Waals surface area contributed by atoms with E-state index in [4.69, 9.17) is 5.73 Å². The van der Waals surface area contributed by atoms with Crippen LogP contribution in [0.2, 0.25) is 0 Å². The van der Waals surface area contributed by atoms with E-state index in [9.17, 15) is 24.4 Å². The molecule has 0 aromatic rings. The highest BCUT2D eigenvalue weighted by Gasteiger charge is 2.32. The van der Waals surface area contributed by atoms with E-state index in [0.29, 0.717) is 44.4 Å². The molecule has 9 nitrogen and oxygen atoms in total. The average Bonchev–Trinajstić information content (AvgIpc) is 3.03. The largest absolute Gasteiger partial charge is 0.475 e. The molecule has 0 bridgehead atoms. The van der Waals surface area contributed by atoms with Gasteiger partial charge >= 0.3 is 7.12 Å². The average molecular weight is 388 g/mol. The van der Waals surface area contributed by atoms with Crippen LogP contribution in [0.5, 0.6) is 0 Å². The smallest absolute Gasteiger partial charge is 0.426 e. The lowest BCUT2D eigenvalue weighted by molar-refractivity contribution is -0.130.